The molecule has 7 heteroatoms. The summed E-state index contributed by atoms with van der Waals surface area (Å²) in [6, 6.07) is 11.7. The molecule has 1 fully saturated rings. The van der Waals surface area contributed by atoms with Crippen molar-refractivity contribution in [2.75, 3.05) is 23.3 Å². The van der Waals surface area contributed by atoms with Crippen LogP contribution in [0.1, 0.15) is 36.6 Å². The molecule has 0 aliphatic carbocycles. The Morgan fingerprint density at radius 2 is 2.10 bits per heavy atom. The lowest BCUT2D eigenvalue weighted by Gasteiger charge is -2.31. The summed E-state index contributed by atoms with van der Waals surface area (Å²) < 4.78 is 11.1. The molecule has 30 heavy (non-hydrogen) atoms. The molecule has 1 aliphatic rings. The lowest BCUT2D eigenvalue weighted by Crippen LogP contribution is -2.38. The fourth-order valence-electron chi connectivity index (χ4n) is 3.88. The fraction of sp³-hybridized carbons (Fsp3) is 0.348. The monoisotopic (exact) mass is 404 g/mol. The van der Waals surface area contributed by atoms with Gasteiger partial charge in [0.15, 0.2) is 5.76 Å². The third-order valence-corrected chi connectivity index (χ3v) is 5.59. The van der Waals surface area contributed by atoms with Gasteiger partial charge in [-0.05, 0) is 49.4 Å². The second-order valence-electron chi connectivity index (χ2n) is 7.48. The number of para-hydroxylation sites is 1. The van der Waals surface area contributed by atoms with Crippen molar-refractivity contribution in [1.29, 1.82) is 5.26 Å². The molecule has 1 aliphatic heterocycles. The number of anilines is 2. The molecule has 0 atom stereocenters. The first-order valence-corrected chi connectivity index (χ1v) is 10.2. The molecular formula is C23H24N4O3. The third-order valence-electron chi connectivity index (χ3n) is 5.59. The average molecular weight is 404 g/mol. The number of oxazole rings is 1. The maximum absolute atomic E-state index is 12.9. The molecule has 1 amide bonds. The summed E-state index contributed by atoms with van der Waals surface area (Å²) in [5.74, 6) is 1.18. The van der Waals surface area contributed by atoms with Gasteiger partial charge in [0.1, 0.15) is 6.07 Å². The molecule has 4 rings (SSSR count). The zero-order valence-corrected chi connectivity index (χ0v) is 17.1. The summed E-state index contributed by atoms with van der Waals surface area (Å²) in [6.45, 7) is 5.34. The molecule has 0 unspecified atom stereocenters. The maximum atomic E-state index is 12.9. The first-order chi connectivity index (χ1) is 14.6. The summed E-state index contributed by atoms with van der Waals surface area (Å²) in [5, 5.41) is 12.6. The van der Waals surface area contributed by atoms with E-state index in [1.165, 1.54) is 6.26 Å². The summed E-state index contributed by atoms with van der Waals surface area (Å²) in [4.78, 5) is 19.1. The number of nitrogens with zero attached hydrogens (tertiary/aromatic N) is 3. The quantitative estimate of drug-likeness (QED) is 0.671. The molecule has 2 aromatic heterocycles. The summed E-state index contributed by atoms with van der Waals surface area (Å²) in [5.41, 5.74) is 3.38. The van der Waals surface area contributed by atoms with Crippen LogP contribution in [0.4, 0.5) is 11.6 Å². The van der Waals surface area contributed by atoms with Gasteiger partial charge in [0.25, 0.3) is 5.89 Å². The molecule has 3 aromatic rings. The number of hydrogen-bond donors (Lipinski definition) is 1. The van der Waals surface area contributed by atoms with Crippen LogP contribution in [-0.2, 0) is 11.2 Å². The number of nitrogens with one attached hydrogen (secondary N) is 1. The van der Waals surface area contributed by atoms with Crippen molar-refractivity contribution in [3.05, 3.63) is 53.4 Å². The highest BCUT2D eigenvalue weighted by Crippen LogP contribution is 2.32. The van der Waals surface area contributed by atoms with Gasteiger partial charge >= 0.3 is 0 Å². The standard InChI is InChI=1S/C23H24N4O3/c1-3-16-7-4-6-15(2)20(16)26-21(28)17-9-11-27(12-10-17)23-18(14-24)25-22(30-23)19-8-5-13-29-19/h4-8,13,17H,3,9-12H2,1-2H3,(H,26,28). The Balaban J connectivity index is 1.43. The Bertz CT molecular complexity index is 1070. The molecular weight excluding hydrogens is 380 g/mol. The number of carbonyl (C=O) groups is 1. The van der Waals surface area contributed by atoms with Crippen LogP contribution in [0.5, 0.6) is 0 Å². The van der Waals surface area contributed by atoms with E-state index in [1.807, 2.05) is 24.0 Å². The number of nitriles is 1. The maximum Gasteiger partial charge on any atom is 0.266 e. The van der Waals surface area contributed by atoms with Gasteiger partial charge in [-0.25, -0.2) is 0 Å². The largest absolute Gasteiger partial charge is 0.459 e. The van der Waals surface area contributed by atoms with Gasteiger partial charge in [-0.3, -0.25) is 4.79 Å². The van der Waals surface area contributed by atoms with Crippen LogP contribution < -0.4 is 10.2 Å². The van der Waals surface area contributed by atoms with Crippen LogP contribution >= 0.6 is 0 Å². The first-order valence-electron chi connectivity index (χ1n) is 10.2. The average Bonchev–Trinajstić information content (AvgIpc) is 3.45. The summed E-state index contributed by atoms with van der Waals surface area (Å²) in [6.07, 6.45) is 3.77. The van der Waals surface area contributed by atoms with Crippen molar-refractivity contribution >= 4 is 17.5 Å². The number of benzene rings is 1. The normalized spacial score (nSPS) is 14.5. The Morgan fingerprint density at radius 3 is 2.77 bits per heavy atom. The minimum Gasteiger partial charge on any atom is -0.459 e. The van der Waals surface area contributed by atoms with Crippen molar-refractivity contribution in [2.24, 2.45) is 5.92 Å². The zero-order valence-electron chi connectivity index (χ0n) is 17.1. The van der Waals surface area contributed by atoms with Gasteiger partial charge < -0.3 is 19.1 Å². The number of amides is 1. The summed E-state index contributed by atoms with van der Waals surface area (Å²) in [7, 11) is 0. The molecule has 1 N–H and O–H groups in total. The predicted octanol–water partition coefficient (Wildman–Crippen LogP) is 4.53. The fourth-order valence-corrected chi connectivity index (χ4v) is 3.88. The van der Waals surface area contributed by atoms with Gasteiger partial charge in [0, 0.05) is 24.7 Å². The molecule has 3 heterocycles. The van der Waals surface area contributed by atoms with E-state index in [1.54, 1.807) is 12.1 Å². The SMILES string of the molecule is CCc1cccc(C)c1NC(=O)C1CCN(c2oc(-c3ccco3)nc2C#N)CC1. The second kappa shape index (κ2) is 8.46. The molecule has 7 nitrogen and oxygen atoms in total. The van der Waals surface area contributed by atoms with Gasteiger partial charge in [-0.15, -0.1) is 0 Å². The van der Waals surface area contributed by atoms with Gasteiger partial charge in [-0.1, -0.05) is 25.1 Å². The van der Waals surface area contributed by atoms with Crippen LogP contribution in [0.2, 0.25) is 0 Å². The van der Waals surface area contributed by atoms with E-state index in [4.69, 9.17) is 8.83 Å². The van der Waals surface area contributed by atoms with E-state index in [0.717, 1.165) is 23.2 Å². The van der Waals surface area contributed by atoms with Crippen LogP contribution in [0.3, 0.4) is 0 Å². The van der Waals surface area contributed by atoms with Crippen LogP contribution in [0, 0.1) is 24.2 Å². The van der Waals surface area contributed by atoms with Crippen molar-refractivity contribution in [2.45, 2.75) is 33.1 Å². The number of piperidine rings is 1. The van der Waals surface area contributed by atoms with E-state index in [9.17, 15) is 10.1 Å². The van der Waals surface area contributed by atoms with E-state index in [2.05, 4.69) is 29.4 Å². The molecule has 1 saturated heterocycles. The number of aryl methyl sites for hydroxylation is 2. The van der Waals surface area contributed by atoms with E-state index >= 15 is 0 Å². The third kappa shape index (κ3) is 3.81. The number of aromatic nitrogens is 1. The number of hydrogen-bond acceptors (Lipinski definition) is 6. The van der Waals surface area contributed by atoms with E-state index in [0.29, 0.717) is 37.6 Å². The van der Waals surface area contributed by atoms with E-state index < -0.39 is 0 Å². The van der Waals surface area contributed by atoms with Crippen LogP contribution in [0.25, 0.3) is 11.7 Å². The summed E-state index contributed by atoms with van der Waals surface area (Å²) >= 11 is 0. The van der Waals surface area contributed by atoms with Crippen molar-refractivity contribution in [3.63, 3.8) is 0 Å². The minimum absolute atomic E-state index is 0.0491. The van der Waals surface area contributed by atoms with E-state index in [-0.39, 0.29) is 23.4 Å². The van der Waals surface area contributed by atoms with Crippen molar-refractivity contribution < 1.29 is 13.6 Å². The predicted molar refractivity (Wildman–Crippen MR) is 113 cm³/mol. The van der Waals surface area contributed by atoms with Gasteiger partial charge in [0.05, 0.1) is 6.26 Å². The highest BCUT2D eigenvalue weighted by atomic mass is 16.4. The van der Waals surface area contributed by atoms with Crippen molar-refractivity contribution in [1.82, 2.24) is 4.98 Å². The Labute approximate surface area is 175 Å². The lowest BCUT2D eigenvalue weighted by atomic mass is 9.95. The Kier molecular flexibility index (Phi) is 5.57. The van der Waals surface area contributed by atoms with Crippen molar-refractivity contribution in [3.8, 4) is 17.7 Å². The lowest BCUT2D eigenvalue weighted by molar-refractivity contribution is -0.120. The molecule has 154 valence electrons. The zero-order chi connectivity index (χ0) is 21.1. The topological polar surface area (TPSA) is 95.3 Å². The second-order valence-corrected chi connectivity index (χ2v) is 7.48. The molecule has 0 radical (unpaired) electrons. The molecule has 1 aromatic carbocycles. The smallest absolute Gasteiger partial charge is 0.266 e. The van der Waals surface area contributed by atoms with Gasteiger partial charge in [-0.2, -0.15) is 10.2 Å². The Hall–Kier alpha value is -3.53. The Morgan fingerprint density at radius 1 is 1.30 bits per heavy atom. The first kappa shape index (κ1) is 19.8. The molecule has 0 bridgehead atoms. The minimum atomic E-state index is -0.0800. The van der Waals surface area contributed by atoms with Crippen LogP contribution in [-0.4, -0.2) is 24.0 Å². The van der Waals surface area contributed by atoms with Gasteiger partial charge in [0.2, 0.25) is 17.5 Å². The number of rotatable bonds is 5. The highest BCUT2D eigenvalue weighted by molar-refractivity contribution is 5.94. The van der Waals surface area contributed by atoms with Crippen LogP contribution in [0.15, 0.2) is 45.4 Å². The number of carbonyl (C=O) groups excluding carboxylic acids is 1. The number of furan rings is 1. The highest BCUT2D eigenvalue weighted by Gasteiger charge is 2.29. The molecule has 0 spiro atoms. The molecule has 0 saturated carbocycles.